The van der Waals surface area contributed by atoms with Crippen molar-refractivity contribution >= 4 is 5.97 Å². The van der Waals surface area contributed by atoms with Gasteiger partial charge in [0.05, 0.1) is 7.11 Å². The molecule has 0 aliphatic rings. The van der Waals surface area contributed by atoms with Gasteiger partial charge in [0.1, 0.15) is 11.8 Å². The van der Waals surface area contributed by atoms with Gasteiger partial charge in [-0.1, -0.05) is 18.2 Å². The second-order valence-corrected chi connectivity index (χ2v) is 4.62. The second-order valence-electron chi connectivity index (χ2n) is 4.62. The summed E-state index contributed by atoms with van der Waals surface area (Å²) in [6.45, 7) is 1.57. The molecule has 1 aromatic carbocycles. The molecule has 106 valence electrons. The Bertz CT molecular complexity index is 407. The minimum atomic E-state index is -0.894. The lowest BCUT2D eigenvalue weighted by molar-refractivity contribution is -0.139. The summed E-state index contributed by atoms with van der Waals surface area (Å²) in [5.74, 6) is -0.302. The van der Waals surface area contributed by atoms with Gasteiger partial charge in [-0.3, -0.25) is 4.79 Å². The molecule has 2 N–H and O–H groups in total. The molecule has 19 heavy (non-hydrogen) atoms. The van der Waals surface area contributed by atoms with Crippen LogP contribution in [0.4, 0.5) is 0 Å². The molecule has 5 nitrogen and oxygen atoms in total. The minimum absolute atomic E-state index is 0.593. The molecular weight excluding hydrogens is 244 g/mol. The maximum atomic E-state index is 11.4. The van der Waals surface area contributed by atoms with E-state index in [0.717, 1.165) is 13.0 Å². The van der Waals surface area contributed by atoms with Crippen LogP contribution >= 0.6 is 0 Å². The summed E-state index contributed by atoms with van der Waals surface area (Å²) in [7, 11) is 5.54. The molecule has 0 saturated heterocycles. The fourth-order valence-electron chi connectivity index (χ4n) is 1.88. The van der Waals surface area contributed by atoms with Crippen molar-refractivity contribution in [1.29, 1.82) is 0 Å². The Morgan fingerprint density at radius 3 is 2.68 bits per heavy atom. The highest BCUT2D eigenvalue weighted by atomic mass is 16.5. The van der Waals surface area contributed by atoms with E-state index in [0.29, 0.717) is 17.9 Å². The maximum absolute atomic E-state index is 11.4. The second kappa shape index (κ2) is 7.76. The summed E-state index contributed by atoms with van der Waals surface area (Å²) in [4.78, 5) is 13.4. The van der Waals surface area contributed by atoms with Gasteiger partial charge in [-0.25, -0.2) is 0 Å². The van der Waals surface area contributed by atoms with Crippen molar-refractivity contribution in [3.63, 3.8) is 0 Å². The number of carboxylic acids is 1. The Morgan fingerprint density at radius 2 is 2.11 bits per heavy atom. The van der Waals surface area contributed by atoms with E-state index >= 15 is 0 Å². The van der Waals surface area contributed by atoms with Crippen molar-refractivity contribution in [2.45, 2.75) is 12.5 Å². The van der Waals surface area contributed by atoms with E-state index in [4.69, 9.17) is 4.74 Å². The van der Waals surface area contributed by atoms with Crippen molar-refractivity contribution in [3.8, 4) is 5.75 Å². The van der Waals surface area contributed by atoms with E-state index in [1.54, 1.807) is 19.2 Å². The van der Waals surface area contributed by atoms with Gasteiger partial charge in [-0.2, -0.15) is 0 Å². The third-order valence-corrected chi connectivity index (χ3v) is 2.83. The number of ether oxygens (including phenoxy) is 1. The van der Waals surface area contributed by atoms with Crippen molar-refractivity contribution in [2.75, 3.05) is 34.3 Å². The first-order valence-electron chi connectivity index (χ1n) is 6.30. The van der Waals surface area contributed by atoms with Gasteiger partial charge >= 0.3 is 5.97 Å². The fourth-order valence-corrected chi connectivity index (χ4v) is 1.88. The third-order valence-electron chi connectivity index (χ3n) is 2.83. The Morgan fingerprint density at radius 1 is 1.42 bits per heavy atom. The molecule has 1 aromatic rings. The zero-order valence-corrected chi connectivity index (χ0v) is 11.7. The van der Waals surface area contributed by atoms with Gasteiger partial charge in [0.25, 0.3) is 0 Å². The number of para-hydroxylation sites is 1. The number of carbonyl (C=O) groups is 1. The largest absolute Gasteiger partial charge is 0.496 e. The van der Waals surface area contributed by atoms with Crippen molar-refractivity contribution in [3.05, 3.63) is 29.8 Å². The molecular formula is C14H22N2O3. The van der Waals surface area contributed by atoms with Crippen LogP contribution in [-0.4, -0.2) is 50.3 Å². The molecule has 1 rings (SSSR count). The first-order chi connectivity index (χ1) is 9.06. The van der Waals surface area contributed by atoms with Gasteiger partial charge in [0, 0.05) is 5.56 Å². The van der Waals surface area contributed by atoms with Crippen molar-refractivity contribution < 1.29 is 14.6 Å². The number of hydrogen-bond donors (Lipinski definition) is 2. The lowest BCUT2D eigenvalue weighted by Gasteiger charge is -2.18. The SMILES string of the molecule is COc1ccccc1C(NCCCN(C)C)C(=O)O. The highest BCUT2D eigenvalue weighted by Gasteiger charge is 2.22. The highest BCUT2D eigenvalue weighted by molar-refractivity contribution is 5.76. The van der Waals surface area contributed by atoms with Gasteiger partial charge in [-0.05, 0) is 39.7 Å². The minimum Gasteiger partial charge on any atom is -0.496 e. The normalized spacial score (nSPS) is 12.4. The van der Waals surface area contributed by atoms with Crippen LogP contribution in [0.5, 0.6) is 5.75 Å². The first-order valence-corrected chi connectivity index (χ1v) is 6.30. The maximum Gasteiger partial charge on any atom is 0.325 e. The number of nitrogens with zero attached hydrogens (tertiary/aromatic N) is 1. The molecule has 0 spiro atoms. The summed E-state index contributed by atoms with van der Waals surface area (Å²) in [5, 5.41) is 12.4. The summed E-state index contributed by atoms with van der Waals surface area (Å²) in [6, 6.07) is 6.45. The number of hydrogen-bond acceptors (Lipinski definition) is 4. The van der Waals surface area contributed by atoms with Crippen LogP contribution in [0.2, 0.25) is 0 Å². The van der Waals surface area contributed by atoms with Crippen molar-refractivity contribution in [1.82, 2.24) is 10.2 Å². The number of aliphatic carboxylic acids is 1. The Labute approximate surface area is 114 Å². The van der Waals surface area contributed by atoms with Gasteiger partial charge in [0.2, 0.25) is 0 Å². The average molecular weight is 266 g/mol. The lowest BCUT2D eigenvalue weighted by Crippen LogP contribution is -2.31. The molecule has 0 radical (unpaired) electrons. The molecule has 1 atom stereocenters. The molecule has 5 heteroatoms. The number of rotatable bonds is 8. The van der Waals surface area contributed by atoms with Crippen LogP contribution in [0.3, 0.4) is 0 Å². The van der Waals surface area contributed by atoms with Crippen LogP contribution in [-0.2, 0) is 4.79 Å². The third kappa shape index (κ3) is 4.89. The summed E-state index contributed by atoms with van der Waals surface area (Å²) >= 11 is 0. The first kappa shape index (κ1) is 15.5. The van der Waals surface area contributed by atoms with Crippen LogP contribution in [0.1, 0.15) is 18.0 Å². The molecule has 0 bridgehead atoms. The zero-order chi connectivity index (χ0) is 14.3. The predicted octanol–water partition coefficient (Wildman–Crippen LogP) is 1.36. The predicted molar refractivity (Wildman–Crippen MR) is 74.5 cm³/mol. The van der Waals surface area contributed by atoms with Crippen LogP contribution in [0, 0.1) is 0 Å². The van der Waals surface area contributed by atoms with Gasteiger partial charge in [-0.15, -0.1) is 0 Å². The summed E-state index contributed by atoms with van der Waals surface area (Å²) in [6.07, 6.45) is 0.895. The molecule has 0 aromatic heterocycles. The van der Waals surface area contributed by atoms with E-state index in [2.05, 4.69) is 10.2 Å². The Kier molecular flexibility index (Phi) is 6.32. The standard InChI is InChI=1S/C14H22N2O3/c1-16(2)10-6-9-15-13(14(17)18)11-7-4-5-8-12(11)19-3/h4-5,7-8,13,15H,6,9-10H2,1-3H3,(H,17,18). The monoisotopic (exact) mass is 266 g/mol. The van der Waals surface area contributed by atoms with E-state index in [1.165, 1.54) is 0 Å². The summed E-state index contributed by atoms with van der Waals surface area (Å²) < 4.78 is 5.21. The highest BCUT2D eigenvalue weighted by Crippen LogP contribution is 2.24. The van der Waals surface area contributed by atoms with E-state index in [9.17, 15) is 9.90 Å². The van der Waals surface area contributed by atoms with Crippen molar-refractivity contribution in [2.24, 2.45) is 0 Å². The smallest absolute Gasteiger partial charge is 0.325 e. The quantitative estimate of drug-likeness (QED) is 0.696. The number of methoxy groups -OCH3 is 1. The van der Waals surface area contributed by atoms with E-state index in [1.807, 2.05) is 26.2 Å². The topological polar surface area (TPSA) is 61.8 Å². The van der Waals surface area contributed by atoms with Gasteiger partial charge in [0.15, 0.2) is 0 Å². The van der Waals surface area contributed by atoms with Crippen LogP contribution in [0.15, 0.2) is 24.3 Å². The molecule has 1 unspecified atom stereocenters. The Balaban J connectivity index is 2.69. The molecule has 0 amide bonds. The van der Waals surface area contributed by atoms with E-state index < -0.39 is 12.0 Å². The fraction of sp³-hybridized carbons (Fsp3) is 0.500. The van der Waals surface area contributed by atoms with Crippen LogP contribution in [0.25, 0.3) is 0 Å². The zero-order valence-electron chi connectivity index (χ0n) is 11.7. The molecule has 0 saturated carbocycles. The number of nitrogens with one attached hydrogen (secondary N) is 1. The van der Waals surface area contributed by atoms with Crippen LogP contribution < -0.4 is 10.1 Å². The molecule has 0 aliphatic heterocycles. The van der Waals surface area contributed by atoms with E-state index in [-0.39, 0.29) is 0 Å². The molecule has 0 heterocycles. The molecule has 0 aliphatic carbocycles. The average Bonchev–Trinajstić information content (AvgIpc) is 2.38. The van der Waals surface area contributed by atoms with Gasteiger partial charge < -0.3 is 20.1 Å². The molecule has 0 fully saturated rings. The number of benzene rings is 1. The summed E-state index contributed by atoms with van der Waals surface area (Å²) in [5.41, 5.74) is 0.655. The Hall–Kier alpha value is -1.59. The number of carboxylic acid groups (broad SMARTS) is 1. The lowest BCUT2D eigenvalue weighted by atomic mass is 10.1.